The third-order valence-electron chi connectivity index (χ3n) is 5.20. The number of aromatic nitrogens is 3. The minimum atomic E-state index is -3.36. The quantitative estimate of drug-likeness (QED) is 0.702. The van der Waals surface area contributed by atoms with Crippen LogP contribution in [0.2, 0.25) is 0 Å². The van der Waals surface area contributed by atoms with Crippen molar-refractivity contribution < 1.29 is 13.2 Å². The zero-order valence-corrected chi connectivity index (χ0v) is 18.2. The molecular formula is C20H29N5O3S. The monoisotopic (exact) mass is 419 g/mol. The number of anilines is 1. The Morgan fingerprint density at radius 2 is 1.83 bits per heavy atom. The predicted octanol–water partition coefficient (Wildman–Crippen LogP) is 2.14. The van der Waals surface area contributed by atoms with E-state index in [1.165, 1.54) is 0 Å². The maximum absolute atomic E-state index is 12.7. The zero-order chi connectivity index (χ0) is 21.4. The van der Waals surface area contributed by atoms with Crippen LogP contribution < -0.4 is 10.6 Å². The van der Waals surface area contributed by atoms with Crippen molar-refractivity contribution in [2.45, 2.75) is 57.2 Å². The fraction of sp³-hybridized carbons (Fsp3) is 0.550. The van der Waals surface area contributed by atoms with Crippen molar-refractivity contribution in [1.29, 1.82) is 0 Å². The molecule has 1 saturated carbocycles. The molecule has 3 rings (SSSR count). The van der Waals surface area contributed by atoms with Crippen molar-refractivity contribution in [3.05, 3.63) is 41.2 Å². The van der Waals surface area contributed by atoms with E-state index in [1.807, 2.05) is 28.6 Å². The standard InChI is InChI=1S/C20H29N5O3S/c1-20(2,3)29(27,28)13-17-22-23-19(25(17)12-15-5-6-15)24(4)11-14-7-9-16(10-8-14)18(21)26/h7-10,15H,5-6,11-13H2,1-4H3,(H2,21,26). The number of primary amides is 1. The number of amides is 1. The van der Waals surface area contributed by atoms with Crippen LogP contribution in [0.15, 0.2) is 24.3 Å². The number of rotatable bonds is 8. The van der Waals surface area contributed by atoms with Gasteiger partial charge in [0.15, 0.2) is 9.84 Å². The van der Waals surface area contributed by atoms with Crippen LogP contribution in [0.4, 0.5) is 5.95 Å². The second-order valence-electron chi connectivity index (χ2n) is 8.76. The summed E-state index contributed by atoms with van der Waals surface area (Å²) in [5.41, 5.74) is 6.74. The van der Waals surface area contributed by atoms with Crippen LogP contribution in [0.1, 0.15) is 55.4 Å². The lowest BCUT2D eigenvalue weighted by Gasteiger charge is -2.22. The van der Waals surface area contributed by atoms with E-state index in [2.05, 4.69) is 10.2 Å². The molecule has 2 aromatic rings. The lowest BCUT2D eigenvalue weighted by atomic mass is 10.1. The van der Waals surface area contributed by atoms with E-state index in [1.54, 1.807) is 32.9 Å². The average Bonchev–Trinajstić information content (AvgIpc) is 3.35. The van der Waals surface area contributed by atoms with Crippen LogP contribution in [0.25, 0.3) is 0 Å². The van der Waals surface area contributed by atoms with E-state index in [0.717, 1.165) is 24.9 Å². The Morgan fingerprint density at radius 1 is 1.21 bits per heavy atom. The van der Waals surface area contributed by atoms with Crippen molar-refractivity contribution in [2.75, 3.05) is 11.9 Å². The molecule has 1 aromatic heterocycles. The third kappa shape index (κ3) is 4.95. The Labute approximate surface area is 172 Å². The van der Waals surface area contributed by atoms with Crippen LogP contribution in [-0.4, -0.2) is 40.9 Å². The minimum absolute atomic E-state index is 0.128. The smallest absolute Gasteiger partial charge is 0.248 e. The summed E-state index contributed by atoms with van der Waals surface area (Å²) in [6.07, 6.45) is 2.28. The largest absolute Gasteiger partial charge is 0.366 e. The molecule has 9 heteroatoms. The first-order valence-corrected chi connectivity index (χ1v) is 11.4. The van der Waals surface area contributed by atoms with Crippen molar-refractivity contribution >= 4 is 21.7 Å². The van der Waals surface area contributed by atoms with Crippen LogP contribution >= 0.6 is 0 Å². The molecule has 2 N–H and O–H groups in total. The molecule has 0 aliphatic heterocycles. The lowest BCUT2D eigenvalue weighted by molar-refractivity contribution is 0.100. The summed E-state index contributed by atoms with van der Waals surface area (Å²) in [5.74, 6) is 1.09. The first-order valence-electron chi connectivity index (χ1n) is 9.72. The highest BCUT2D eigenvalue weighted by atomic mass is 32.2. The molecule has 8 nitrogen and oxygen atoms in total. The first-order chi connectivity index (χ1) is 13.5. The number of nitrogens with zero attached hydrogens (tertiary/aromatic N) is 4. The van der Waals surface area contributed by atoms with Crippen LogP contribution in [0.3, 0.4) is 0 Å². The molecule has 29 heavy (non-hydrogen) atoms. The van der Waals surface area contributed by atoms with Gasteiger partial charge in [-0.05, 0) is 57.2 Å². The Bertz CT molecular complexity index is 986. The second-order valence-corrected chi connectivity index (χ2v) is 11.5. The van der Waals surface area contributed by atoms with Crippen LogP contribution in [0, 0.1) is 5.92 Å². The molecule has 1 aliphatic carbocycles. The van der Waals surface area contributed by atoms with Crippen LogP contribution in [0.5, 0.6) is 0 Å². The highest BCUT2D eigenvalue weighted by Crippen LogP contribution is 2.33. The van der Waals surface area contributed by atoms with E-state index in [-0.39, 0.29) is 5.75 Å². The van der Waals surface area contributed by atoms with Crippen molar-refractivity contribution in [1.82, 2.24) is 14.8 Å². The van der Waals surface area contributed by atoms with E-state index in [4.69, 9.17) is 5.73 Å². The maximum Gasteiger partial charge on any atom is 0.248 e. The Hall–Kier alpha value is -2.42. The van der Waals surface area contributed by atoms with Crippen molar-refractivity contribution in [3.63, 3.8) is 0 Å². The van der Waals surface area contributed by atoms with Gasteiger partial charge in [0.25, 0.3) is 0 Å². The molecule has 0 unspecified atom stereocenters. The molecule has 0 atom stereocenters. The van der Waals surface area contributed by atoms with E-state index < -0.39 is 20.5 Å². The van der Waals surface area contributed by atoms with Crippen molar-refractivity contribution in [2.24, 2.45) is 11.7 Å². The summed E-state index contributed by atoms with van der Waals surface area (Å²) in [4.78, 5) is 13.2. The van der Waals surface area contributed by atoms with Gasteiger partial charge in [-0.25, -0.2) is 8.42 Å². The summed E-state index contributed by atoms with van der Waals surface area (Å²) in [6.45, 7) is 6.38. The third-order valence-corrected chi connectivity index (χ3v) is 7.70. The highest BCUT2D eigenvalue weighted by Gasteiger charge is 2.33. The Balaban J connectivity index is 1.84. The number of carbonyl (C=O) groups excluding carboxylic acids is 1. The average molecular weight is 420 g/mol. The van der Waals surface area contributed by atoms with Gasteiger partial charge in [-0.2, -0.15) is 0 Å². The normalized spacial score (nSPS) is 14.8. The number of hydrogen-bond donors (Lipinski definition) is 1. The Kier molecular flexibility index (Phi) is 5.71. The maximum atomic E-state index is 12.7. The van der Waals surface area contributed by atoms with Gasteiger partial charge in [0, 0.05) is 25.7 Å². The molecule has 1 heterocycles. The molecule has 158 valence electrons. The summed E-state index contributed by atoms with van der Waals surface area (Å²) < 4.78 is 26.5. The molecule has 1 fully saturated rings. The number of carbonyl (C=O) groups is 1. The summed E-state index contributed by atoms with van der Waals surface area (Å²) in [5, 5.41) is 8.53. The first kappa shape index (κ1) is 21.3. The molecule has 0 saturated heterocycles. The van der Waals surface area contributed by atoms with E-state index >= 15 is 0 Å². The molecule has 0 radical (unpaired) electrons. The van der Waals surface area contributed by atoms with Gasteiger partial charge in [0.2, 0.25) is 11.9 Å². The molecule has 0 bridgehead atoms. The fourth-order valence-corrected chi connectivity index (χ4v) is 3.95. The summed E-state index contributed by atoms with van der Waals surface area (Å²) in [6, 6.07) is 7.09. The molecule has 1 aliphatic rings. The SMILES string of the molecule is CN(Cc1ccc(C(N)=O)cc1)c1nnc(CS(=O)(=O)C(C)(C)C)n1CC1CC1. The Morgan fingerprint density at radius 3 is 2.34 bits per heavy atom. The summed E-state index contributed by atoms with van der Waals surface area (Å²) >= 11 is 0. The topological polar surface area (TPSA) is 111 Å². The van der Waals surface area contributed by atoms with Gasteiger partial charge in [-0.3, -0.25) is 9.36 Å². The van der Waals surface area contributed by atoms with Gasteiger partial charge in [-0.1, -0.05) is 12.1 Å². The predicted molar refractivity (Wildman–Crippen MR) is 112 cm³/mol. The fourth-order valence-electron chi connectivity index (χ4n) is 2.97. The molecule has 1 aromatic carbocycles. The molecule has 0 spiro atoms. The lowest BCUT2D eigenvalue weighted by Crippen LogP contribution is -2.30. The van der Waals surface area contributed by atoms with Crippen LogP contribution in [-0.2, 0) is 28.7 Å². The number of sulfone groups is 1. The number of nitrogens with two attached hydrogens (primary N) is 1. The van der Waals surface area contributed by atoms with Gasteiger partial charge in [-0.15, -0.1) is 10.2 Å². The second kappa shape index (κ2) is 7.78. The molecular weight excluding hydrogens is 390 g/mol. The van der Waals surface area contributed by atoms with E-state index in [9.17, 15) is 13.2 Å². The van der Waals surface area contributed by atoms with Gasteiger partial charge in [0.05, 0.1) is 4.75 Å². The number of benzene rings is 1. The van der Waals surface area contributed by atoms with Crippen molar-refractivity contribution in [3.8, 4) is 0 Å². The van der Waals surface area contributed by atoms with Gasteiger partial charge in [0.1, 0.15) is 11.6 Å². The zero-order valence-electron chi connectivity index (χ0n) is 17.4. The minimum Gasteiger partial charge on any atom is -0.366 e. The number of hydrogen-bond acceptors (Lipinski definition) is 6. The van der Waals surface area contributed by atoms with E-state index in [0.29, 0.717) is 29.8 Å². The van der Waals surface area contributed by atoms with Gasteiger partial charge >= 0.3 is 0 Å². The highest BCUT2D eigenvalue weighted by molar-refractivity contribution is 7.91. The summed E-state index contributed by atoms with van der Waals surface area (Å²) in [7, 11) is -1.46. The molecule has 1 amide bonds. The van der Waals surface area contributed by atoms with Gasteiger partial charge < -0.3 is 10.6 Å².